The van der Waals surface area contributed by atoms with E-state index in [0.29, 0.717) is 23.9 Å². The van der Waals surface area contributed by atoms with Gasteiger partial charge in [-0.25, -0.2) is 0 Å². The summed E-state index contributed by atoms with van der Waals surface area (Å²) in [4.78, 5) is 39.7. The van der Waals surface area contributed by atoms with Gasteiger partial charge in [0.15, 0.2) is 0 Å². The summed E-state index contributed by atoms with van der Waals surface area (Å²) in [6, 6.07) is -0.936. The summed E-state index contributed by atoms with van der Waals surface area (Å²) in [6.45, 7) is 6.63. The second-order valence-electron chi connectivity index (χ2n) is 19.3. The van der Waals surface area contributed by atoms with Gasteiger partial charge < -0.3 is 28.5 Å². The first-order valence-corrected chi connectivity index (χ1v) is 28.9. The van der Waals surface area contributed by atoms with Gasteiger partial charge in [-0.05, 0) is 89.5 Å². The molecule has 3 unspecified atom stereocenters. The Labute approximate surface area is 418 Å². The Bertz CT molecular complexity index is 1440. The minimum Gasteiger partial charge on any atom is -0.756 e. The van der Waals surface area contributed by atoms with Gasteiger partial charge in [-0.15, -0.1) is 0 Å². The number of ether oxygens (including phenoxy) is 1. The summed E-state index contributed by atoms with van der Waals surface area (Å²) in [7, 11) is 1.12. The maximum atomic E-state index is 13.4. The average molecular weight is 971 g/mol. The molecule has 3 atom stereocenters. The van der Waals surface area contributed by atoms with Gasteiger partial charge in [0.1, 0.15) is 19.3 Å². The first-order valence-electron chi connectivity index (χ1n) is 27.4. The molecule has 0 aromatic heterocycles. The second kappa shape index (κ2) is 47.8. The van der Waals surface area contributed by atoms with Crippen LogP contribution in [0.2, 0.25) is 0 Å². The Morgan fingerprint density at radius 1 is 0.529 bits per heavy atom. The number of phosphoric ester groups is 1. The first kappa shape index (κ1) is 65.2. The van der Waals surface area contributed by atoms with Crippen LogP contribution in [0.3, 0.4) is 0 Å². The Morgan fingerprint density at radius 3 is 1.44 bits per heavy atom. The Hall–Kier alpha value is -2.81. The van der Waals surface area contributed by atoms with Gasteiger partial charge >= 0.3 is 5.97 Å². The van der Waals surface area contributed by atoms with Gasteiger partial charge in [0.05, 0.1) is 33.8 Å². The number of unbranched alkanes of at least 4 members (excludes halogenated alkanes) is 20. The monoisotopic (exact) mass is 971 g/mol. The number of rotatable bonds is 48. The lowest BCUT2D eigenvalue weighted by Crippen LogP contribution is -2.47. The lowest BCUT2D eigenvalue weighted by Gasteiger charge is -2.30. The van der Waals surface area contributed by atoms with Gasteiger partial charge in [-0.3, -0.25) is 14.2 Å². The lowest BCUT2D eigenvalue weighted by atomic mass is 10.0. The van der Waals surface area contributed by atoms with Crippen molar-refractivity contribution in [2.75, 3.05) is 40.9 Å². The number of allylic oxidation sites excluding steroid dienone is 13. The van der Waals surface area contributed by atoms with Crippen molar-refractivity contribution >= 4 is 19.7 Å². The number of carbonyl (C=O) groups excluding carboxylic acids is 2. The zero-order chi connectivity index (χ0) is 50.1. The van der Waals surface area contributed by atoms with Crippen LogP contribution in [0.1, 0.15) is 220 Å². The van der Waals surface area contributed by atoms with E-state index in [9.17, 15) is 19.0 Å². The molecule has 392 valence electrons. The van der Waals surface area contributed by atoms with E-state index >= 15 is 0 Å². The maximum absolute atomic E-state index is 13.4. The molecule has 0 aromatic rings. The second-order valence-corrected chi connectivity index (χ2v) is 20.8. The fourth-order valence-electron chi connectivity index (χ4n) is 7.33. The molecule has 10 heteroatoms. The number of esters is 1. The number of hydrogen-bond acceptors (Lipinski definition) is 7. The fraction of sp³-hybridized carbons (Fsp3) is 0.724. The fourth-order valence-corrected chi connectivity index (χ4v) is 8.05. The van der Waals surface area contributed by atoms with E-state index in [4.69, 9.17) is 13.8 Å². The third-order valence-corrected chi connectivity index (χ3v) is 12.5. The Kier molecular flexibility index (Phi) is 45.9. The van der Waals surface area contributed by atoms with Crippen LogP contribution in [0.15, 0.2) is 85.1 Å². The highest BCUT2D eigenvalue weighted by Gasteiger charge is 2.27. The van der Waals surface area contributed by atoms with Crippen LogP contribution in [0.5, 0.6) is 0 Å². The van der Waals surface area contributed by atoms with Crippen molar-refractivity contribution in [2.24, 2.45) is 0 Å². The van der Waals surface area contributed by atoms with Crippen molar-refractivity contribution in [2.45, 2.75) is 232 Å². The molecule has 0 saturated carbocycles. The van der Waals surface area contributed by atoms with Gasteiger partial charge in [0.2, 0.25) is 5.91 Å². The van der Waals surface area contributed by atoms with Gasteiger partial charge in [0, 0.05) is 12.8 Å². The lowest BCUT2D eigenvalue weighted by molar-refractivity contribution is -0.870. The standard InChI is InChI=1S/C58H103N2O7P/c1-7-10-13-16-19-22-25-28-29-30-33-35-38-41-44-47-50-57(61)59-55(54-66-68(63,64)65-53-52-60(4,5)6)56(49-46-43-40-37-34-31-26-23-20-17-14-11-8-2)67-58(62)51-48-45-42-39-36-32-27-24-21-18-15-12-9-3/h10,13,19,22,28-29,32-33,35-36,41,44,46,49,55-56H,7-9,11-12,14-18,20-21,23-27,30-31,34,37-40,42-43,45,47-48,50-54H2,1-6H3,(H-,59,61,63,64)/b13-10+,22-19+,29-28+,35-33+,36-32-,44-41+,49-46+. The minimum absolute atomic E-state index is 0.0409. The molecule has 0 aliphatic heterocycles. The molecule has 0 saturated heterocycles. The van der Waals surface area contributed by atoms with E-state index < -0.39 is 26.6 Å². The van der Waals surface area contributed by atoms with E-state index in [-0.39, 0.29) is 31.3 Å². The van der Waals surface area contributed by atoms with Crippen LogP contribution in [-0.2, 0) is 27.9 Å². The predicted octanol–water partition coefficient (Wildman–Crippen LogP) is 15.6. The van der Waals surface area contributed by atoms with Crippen molar-refractivity contribution in [3.05, 3.63) is 85.1 Å². The molecule has 0 rings (SSSR count). The van der Waals surface area contributed by atoms with E-state index in [1.165, 1.54) is 96.3 Å². The van der Waals surface area contributed by atoms with Crippen LogP contribution < -0.4 is 10.2 Å². The molecule has 0 spiro atoms. The molecule has 0 aliphatic carbocycles. The predicted molar refractivity (Wildman–Crippen MR) is 288 cm³/mol. The molecule has 1 N–H and O–H groups in total. The number of quaternary nitrogens is 1. The number of carbonyl (C=O) groups is 2. The van der Waals surface area contributed by atoms with E-state index in [2.05, 4.69) is 86.8 Å². The molecule has 0 bridgehead atoms. The van der Waals surface area contributed by atoms with Crippen molar-refractivity contribution in [3.8, 4) is 0 Å². The smallest absolute Gasteiger partial charge is 0.306 e. The van der Waals surface area contributed by atoms with Crippen molar-refractivity contribution in [1.29, 1.82) is 0 Å². The molecule has 68 heavy (non-hydrogen) atoms. The number of phosphoric acid groups is 1. The molecule has 0 radical (unpaired) electrons. The van der Waals surface area contributed by atoms with E-state index in [0.717, 1.165) is 77.0 Å². The molecular formula is C58H103N2O7P. The zero-order valence-corrected chi connectivity index (χ0v) is 45.4. The van der Waals surface area contributed by atoms with Crippen molar-refractivity contribution in [3.63, 3.8) is 0 Å². The molecular weight excluding hydrogens is 868 g/mol. The van der Waals surface area contributed by atoms with Crippen LogP contribution in [0.25, 0.3) is 0 Å². The number of hydrogen-bond donors (Lipinski definition) is 1. The molecule has 1 amide bonds. The topological polar surface area (TPSA) is 114 Å². The van der Waals surface area contributed by atoms with E-state index in [1.807, 2.05) is 39.4 Å². The Morgan fingerprint density at radius 2 is 0.956 bits per heavy atom. The highest BCUT2D eigenvalue weighted by molar-refractivity contribution is 7.45. The van der Waals surface area contributed by atoms with Gasteiger partial charge in [0.25, 0.3) is 7.82 Å². The normalized spacial score (nSPS) is 14.5. The highest BCUT2D eigenvalue weighted by atomic mass is 31.2. The quantitative estimate of drug-likeness (QED) is 0.0212. The number of likely N-dealkylation sites (N-methyl/N-ethyl adjacent to an activating group) is 1. The highest BCUT2D eigenvalue weighted by Crippen LogP contribution is 2.38. The zero-order valence-electron chi connectivity index (χ0n) is 44.5. The summed E-state index contributed by atoms with van der Waals surface area (Å²) in [5.41, 5.74) is 0. The Balaban J connectivity index is 5.56. The third-order valence-electron chi connectivity index (χ3n) is 11.6. The van der Waals surface area contributed by atoms with Crippen molar-refractivity contribution < 1.29 is 37.3 Å². The SMILES string of the molecule is CC/C=C/C/C=C/C/C=C/C/C=C/C/C=C/CCC(=O)NC(COP(=O)([O-])OCC[N+](C)(C)C)C(/C=C/CCCCCCCCCCCCC)OC(=O)CCCCC/C=C\CCCCCCCC. The average Bonchev–Trinajstić information content (AvgIpc) is 3.29. The first-order chi connectivity index (χ1) is 32.9. The van der Waals surface area contributed by atoms with Crippen LogP contribution in [0.4, 0.5) is 0 Å². The van der Waals surface area contributed by atoms with Gasteiger partial charge in [-0.1, -0.05) is 202 Å². The van der Waals surface area contributed by atoms with Crippen LogP contribution in [-0.4, -0.2) is 69.4 Å². The molecule has 9 nitrogen and oxygen atoms in total. The maximum Gasteiger partial charge on any atom is 0.306 e. The number of nitrogens with one attached hydrogen (secondary N) is 1. The largest absolute Gasteiger partial charge is 0.756 e. The summed E-state index contributed by atoms with van der Waals surface area (Å²) < 4.78 is 30.1. The number of amides is 1. The molecule has 0 heterocycles. The summed E-state index contributed by atoms with van der Waals surface area (Å²) in [5, 5.41) is 2.96. The van der Waals surface area contributed by atoms with Crippen LogP contribution in [0, 0.1) is 0 Å². The third kappa shape index (κ3) is 48.2. The van der Waals surface area contributed by atoms with Crippen LogP contribution >= 0.6 is 7.82 Å². The molecule has 0 aliphatic rings. The van der Waals surface area contributed by atoms with E-state index in [1.54, 1.807) is 6.08 Å². The van der Waals surface area contributed by atoms with Crippen molar-refractivity contribution in [1.82, 2.24) is 5.32 Å². The molecule has 0 aromatic carbocycles. The number of nitrogens with zero attached hydrogens (tertiary/aromatic N) is 1. The summed E-state index contributed by atoms with van der Waals surface area (Å²) in [6.07, 6.45) is 61.4. The summed E-state index contributed by atoms with van der Waals surface area (Å²) >= 11 is 0. The summed E-state index contributed by atoms with van der Waals surface area (Å²) in [5.74, 6) is -0.661. The van der Waals surface area contributed by atoms with Gasteiger partial charge in [-0.2, -0.15) is 0 Å². The minimum atomic E-state index is -4.72. The molecule has 0 fully saturated rings.